The molecule has 1 aliphatic carbocycles. The Labute approximate surface area is 762 Å². The predicted octanol–water partition coefficient (Wildman–Crippen LogP) is 8.70. The summed E-state index contributed by atoms with van der Waals surface area (Å²) in [5, 5.41) is 24.4. The first kappa shape index (κ1) is 95.6. The zero-order valence-corrected chi connectivity index (χ0v) is 75.2. The molecule has 13 rings (SSSR count). The Bertz CT molecular complexity index is 5170. The maximum Gasteiger partial charge on any atom is 0.510 e. The van der Waals surface area contributed by atoms with Gasteiger partial charge in [0.05, 0.1) is 167 Å². The van der Waals surface area contributed by atoms with E-state index in [-0.39, 0.29) is 115 Å². The van der Waals surface area contributed by atoms with E-state index in [0.717, 1.165) is 40.5 Å². The van der Waals surface area contributed by atoms with Crippen molar-refractivity contribution in [2.24, 2.45) is 11.8 Å². The number of unbranched alkanes of at least 4 members (excludes halogenated alkanes) is 1. The number of imide groups is 1. The Morgan fingerprint density at radius 2 is 1.22 bits per heavy atom. The number of ether oxygens (including phenoxy) is 15. The average molecular weight is 1910 g/mol. The van der Waals surface area contributed by atoms with E-state index in [2.05, 4.69) is 93.0 Å². The first-order valence-electron chi connectivity index (χ1n) is 43.2. The van der Waals surface area contributed by atoms with Crippen molar-refractivity contribution in [1.29, 1.82) is 0 Å². The highest BCUT2D eigenvalue weighted by atomic mass is 79.9. The predicted molar refractivity (Wildman–Crippen MR) is 474 cm³/mol. The molecule has 7 heterocycles. The fourth-order valence-electron chi connectivity index (χ4n) is 15.8. The van der Waals surface area contributed by atoms with Crippen molar-refractivity contribution in [3.8, 4) is 28.6 Å². The minimum Gasteiger partial charge on any atom is -0.497 e. The number of fused-ring (bicyclic) bond motifs is 6. The van der Waals surface area contributed by atoms with Crippen LogP contribution in [0.15, 0.2) is 153 Å². The van der Waals surface area contributed by atoms with E-state index in [4.69, 9.17) is 76.0 Å². The Morgan fingerprint density at radius 3 is 1.83 bits per heavy atom. The molecule has 4 aliphatic heterocycles. The van der Waals surface area contributed by atoms with Crippen molar-refractivity contribution in [3.63, 3.8) is 0 Å². The Balaban J connectivity index is 0.468. The standard InChI is InChI=1S/C92H107Br2N11O24/c1-3-91(73-50-76-83-65(54-104(76)86(110)72(73)57-125-89(91)113)48-64-49-77-78(128-60-127-77)51-75(64)100-83)129-90(114)126-56-62-19-25-69(26-20-62)98-85(109)74(16-10-11-29-97-92(66-12-6-4-7-13-66,67-14-8-5-9-15-67)68-23-27-71(115-2)28-24-68)99-80(107)59-124-58-79(106)95-30-32-116-34-36-118-38-40-120-42-44-122-46-47-123-45-43-121-41-39-119-37-35-117-33-31-103-55-70(101-102-103)52-96-84(108)63-21-17-61(18-22-63)53-105-87(111)81(93)82(94)88(105)112/h4-9,12-15,19-20,23-28,48-51,55,61,63,74,97H,3,10-11,16-18,21-22,29-47,52-54,56-60H2,1-2H3,(H,95,106)(H,96,108)(H,98,109)(H,99,107)/t61?,63?,74-,91-/m0/s1. The van der Waals surface area contributed by atoms with Crippen LogP contribution in [0.3, 0.4) is 0 Å². The molecule has 2 atom stereocenters. The molecule has 5 N–H and O–H groups in total. The largest absolute Gasteiger partial charge is 0.510 e. The highest BCUT2D eigenvalue weighted by molar-refractivity contribution is 9.14. The van der Waals surface area contributed by atoms with E-state index in [1.165, 1.54) is 4.90 Å². The van der Waals surface area contributed by atoms with E-state index < -0.39 is 65.8 Å². The van der Waals surface area contributed by atoms with Crippen LogP contribution in [-0.2, 0) is 134 Å². The molecule has 5 aliphatic rings. The van der Waals surface area contributed by atoms with Gasteiger partial charge in [-0.15, -0.1) is 5.10 Å². The van der Waals surface area contributed by atoms with Gasteiger partial charge in [-0.3, -0.25) is 43.8 Å². The molecule has 1 saturated carbocycles. The first-order chi connectivity index (χ1) is 62.9. The Hall–Kier alpha value is -10.9. The van der Waals surface area contributed by atoms with Gasteiger partial charge >= 0.3 is 12.1 Å². The lowest BCUT2D eigenvalue weighted by Gasteiger charge is -2.37. The number of nitrogens with zero attached hydrogens (tertiary/aromatic N) is 6. The lowest BCUT2D eigenvalue weighted by atomic mass is 9.77. The van der Waals surface area contributed by atoms with Crippen molar-refractivity contribution < 1.29 is 109 Å². The lowest BCUT2D eigenvalue weighted by Crippen LogP contribution is -2.47. The Kier molecular flexibility index (Phi) is 35.7. The number of rotatable bonds is 53. The fourth-order valence-corrected chi connectivity index (χ4v) is 16.6. The SMILES string of the molecule is CC[C@@]1(OC(=O)OCc2ccc(NC(=O)[C@H](CCCCNC(c3ccccc3)(c3ccccc3)c3ccc(OC)cc3)NC(=O)COCC(=O)NCCOCCOCCOCCOCCOCCOCCOCCOCCn3cc(CNC(=O)C4CCC(CN5C(=O)C(Br)=C(Br)C5=O)CC4)nn3)cc2)C(=O)OCc2c1cc1n(c2=O)Cc2cc3cc4c(cc3nc2-1)OCO4. The summed E-state index contributed by atoms with van der Waals surface area (Å²) in [5.41, 5.74) is 3.94. The molecule has 0 saturated heterocycles. The quantitative estimate of drug-likeness (QED) is 0.0103. The normalized spacial score (nSPS) is 16.5. The number of pyridine rings is 2. The zero-order chi connectivity index (χ0) is 90.3. The molecule has 6 amide bonds. The number of carbonyl (C=O) groups is 8. The highest BCUT2D eigenvalue weighted by Gasteiger charge is 2.51. The molecule has 5 aromatic carbocycles. The monoisotopic (exact) mass is 1910 g/mol. The third-order valence-electron chi connectivity index (χ3n) is 22.6. The zero-order valence-electron chi connectivity index (χ0n) is 72.0. The molecule has 0 unspecified atom stereocenters. The van der Waals surface area contributed by atoms with E-state index in [1.54, 1.807) is 65.9 Å². The molecule has 35 nitrogen and oxygen atoms in total. The minimum absolute atomic E-state index is 0.0431. The van der Waals surface area contributed by atoms with Crippen molar-refractivity contribution >= 4 is 96.0 Å². The Morgan fingerprint density at radius 1 is 0.628 bits per heavy atom. The number of nitrogens with one attached hydrogen (secondary N) is 5. The molecule has 1 fully saturated rings. The molecule has 0 bridgehead atoms. The summed E-state index contributed by atoms with van der Waals surface area (Å²) in [6, 6.07) is 40.8. The molecule has 37 heteroatoms. The van der Waals surface area contributed by atoms with Crippen LogP contribution in [-0.4, -0.2) is 236 Å². The van der Waals surface area contributed by atoms with E-state index >= 15 is 0 Å². The minimum atomic E-state index is -2.03. The van der Waals surface area contributed by atoms with Crippen LogP contribution >= 0.6 is 31.9 Å². The van der Waals surface area contributed by atoms with Crippen LogP contribution in [0.25, 0.3) is 22.3 Å². The van der Waals surface area contributed by atoms with Crippen LogP contribution in [0.1, 0.15) is 103 Å². The fraction of sp³-hybridized carbons (Fsp3) is 0.457. The summed E-state index contributed by atoms with van der Waals surface area (Å²) in [5.74, 6) is -1.36. The van der Waals surface area contributed by atoms with Crippen molar-refractivity contribution in [2.45, 2.75) is 108 Å². The summed E-state index contributed by atoms with van der Waals surface area (Å²) >= 11 is 6.34. The van der Waals surface area contributed by atoms with E-state index in [9.17, 15) is 43.2 Å². The number of hydrogen-bond acceptors (Lipinski definition) is 28. The second-order valence-corrected chi connectivity index (χ2v) is 32.6. The molecule has 129 heavy (non-hydrogen) atoms. The van der Waals surface area contributed by atoms with Gasteiger partial charge in [0, 0.05) is 47.3 Å². The number of carbonyl (C=O) groups excluding carboxylic acids is 8. The van der Waals surface area contributed by atoms with Gasteiger partial charge in [-0.2, -0.15) is 0 Å². The van der Waals surface area contributed by atoms with Crippen LogP contribution < -0.4 is 46.4 Å². The van der Waals surface area contributed by atoms with Gasteiger partial charge in [-0.1, -0.05) is 97.1 Å². The number of benzene rings is 5. The molecule has 3 aromatic heterocycles. The van der Waals surface area contributed by atoms with Gasteiger partial charge in [0.25, 0.3) is 17.4 Å². The molecule has 8 aromatic rings. The average Bonchev–Trinajstić information content (AvgIpc) is 1.70. The van der Waals surface area contributed by atoms with Crippen LogP contribution in [0, 0.1) is 11.8 Å². The van der Waals surface area contributed by atoms with Gasteiger partial charge in [0.2, 0.25) is 36.0 Å². The summed E-state index contributed by atoms with van der Waals surface area (Å²) in [6.07, 6.45) is 4.61. The number of anilines is 1. The maximum atomic E-state index is 14.3. The maximum absolute atomic E-state index is 14.3. The lowest BCUT2D eigenvalue weighted by molar-refractivity contribution is -0.175. The van der Waals surface area contributed by atoms with Crippen molar-refractivity contribution in [3.05, 3.63) is 204 Å². The van der Waals surface area contributed by atoms with Crippen molar-refractivity contribution in [1.82, 2.24) is 50.7 Å². The van der Waals surface area contributed by atoms with Gasteiger partial charge in [-0.25, -0.2) is 19.3 Å². The molecular weight excluding hydrogens is 1800 g/mol. The van der Waals surface area contributed by atoms with Crippen LogP contribution in [0.2, 0.25) is 0 Å². The van der Waals surface area contributed by atoms with Crippen LogP contribution in [0.4, 0.5) is 10.5 Å². The number of hydrogen-bond donors (Lipinski definition) is 5. The third kappa shape index (κ3) is 25.6. The number of cyclic esters (lactones) is 1. The van der Waals surface area contributed by atoms with Gasteiger partial charge < -0.3 is 96.9 Å². The summed E-state index contributed by atoms with van der Waals surface area (Å²) in [4.78, 5) is 126. The summed E-state index contributed by atoms with van der Waals surface area (Å²) in [6.45, 7) is 8.01. The second kappa shape index (κ2) is 48.1. The molecule has 0 spiro atoms. The highest BCUT2D eigenvalue weighted by Crippen LogP contribution is 2.44. The first-order valence-corrected chi connectivity index (χ1v) is 44.8. The third-order valence-corrected chi connectivity index (χ3v) is 24.6. The summed E-state index contributed by atoms with van der Waals surface area (Å²) < 4.78 is 87.8. The van der Waals surface area contributed by atoms with E-state index in [1.807, 2.05) is 72.8 Å². The van der Waals surface area contributed by atoms with Crippen LogP contribution in [0.5, 0.6) is 17.2 Å². The summed E-state index contributed by atoms with van der Waals surface area (Å²) in [7, 11) is 1.62. The van der Waals surface area contributed by atoms with E-state index in [0.29, 0.717) is 189 Å². The second-order valence-electron chi connectivity index (χ2n) is 31.0. The number of amides is 6. The number of aromatic nitrogens is 5. The topological polar surface area (TPSA) is 404 Å². The van der Waals surface area contributed by atoms with Gasteiger partial charge in [0.15, 0.2) is 11.5 Å². The van der Waals surface area contributed by atoms with Crippen molar-refractivity contribution in [2.75, 3.05) is 158 Å². The molecule has 0 radical (unpaired) electrons. The molecule has 688 valence electrons. The molecular formula is C92H107Br2N11O24. The smallest absolute Gasteiger partial charge is 0.497 e. The van der Waals surface area contributed by atoms with Gasteiger partial charge in [-0.05, 0) is 160 Å². The number of methoxy groups -OCH3 is 1. The van der Waals surface area contributed by atoms with Gasteiger partial charge in [0.1, 0.15) is 52.9 Å². The number of esters is 1. The number of halogens is 2.